The van der Waals surface area contributed by atoms with Gasteiger partial charge in [0.25, 0.3) is 0 Å². The van der Waals surface area contributed by atoms with Gasteiger partial charge in [0.2, 0.25) is 10.0 Å². The van der Waals surface area contributed by atoms with Crippen LogP contribution in [0, 0.1) is 0 Å². The van der Waals surface area contributed by atoms with E-state index in [1.807, 2.05) is 12.1 Å². The van der Waals surface area contributed by atoms with Gasteiger partial charge in [-0.2, -0.15) is 0 Å². The van der Waals surface area contributed by atoms with Gasteiger partial charge in [-0.25, -0.2) is 13.1 Å². The van der Waals surface area contributed by atoms with Crippen molar-refractivity contribution >= 4 is 22.8 Å². The average molecular weight is 304 g/mol. The molecule has 0 aliphatic carbocycles. The van der Waals surface area contributed by atoms with Crippen molar-refractivity contribution in [1.82, 2.24) is 4.72 Å². The van der Waals surface area contributed by atoms with Crippen molar-refractivity contribution < 1.29 is 13.4 Å². The highest BCUT2D eigenvalue weighted by Gasteiger charge is 2.16. The van der Waals surface area contributed by atoms with Crippen LogP contribution in [0.1, 0.15) is 0 Å². The third kappa shape index (κ3) is 3.63. The monoisotopic (exact) mass is 304 g/mol. The lowest BCUT2D eigenvalue weighted by Crippen LogP contribution is -2.19. The lowest BCUT2D eigenvalue weighted by atomic mass is 9.88. The molecule has 0 bridgehead atoms. The Kier molecular flexibility index (Phi) is 4.67. The van der Waals surface area contributed by atoms with Crippen molar-refractivity contribution in [3.8, 4) is 11.1 Å². The number of hydrogen-bond acceptors (Lipinski definition) is 4. The summed E-state index contributed by atoms with van der Waals surface area (Å²) in [6, 6.07) is 14.0. The summed E-state index contributed by atoms with van der Waals surface area (Å²) in [5, 5.41) is 12.1. The Hall–Kier alpha value is -1.83. The quantitative estimate of drug-likeness (QED) is 0.736. The molecule has 5 nitrogen and oxygen atoms in total. The molecule has 0 saturated heterocycles. The molecule has 0 heterocycles. The second-order valence-electron chi connectivity index (χ2n) is 4.60. The fourth-order valence-electron chi connectivity index (χ4n) is 2.04. The van der Waals surface area contributed by atoms with Gasteiger partial charge in [0.1, 0.15) is 0 Å². The smallest absolute Gasteiger partial charge is 0.406 e. The van der Waals surface area contributed by atoms with Gasteiger partial charge < -0.3 is 10.3 Å². The van der Waals surface area contributed by atoms with Crippen molar-refractivity contribution in [2.45, 2.75) is 11.7 Å². The van der Waals surface area contributed by atoms with Crippen LogP contribution in [0.2, 0.25) is 6.82 Å². The fraction of sp³-hybridized carbons (Fsp3) is 0.143. The zero-order chi connectivity index (χ0) is 15.5. The summed E-state index contributed by atoms with van der Waals surface area (Å²) in [4.78, 5) is 0.240. The number of rotatable bonds is 5. The van der Waals surface area contributed by atoms with Crippen LogP contribution in [0.3, 0.4) is 0 Å². The van der Waals surface area contributed by atoms with Crippen LogP contribution in [0.15, 0.2) is 53.4 Å². The molecule has 2 rings (SSSR count). The van der Waals surface area contributed by atoms with Crippen LogP contribution in [0.4, 0.5) is 5.69 Å². The number of nitrogens with one attached hydrogen (secondary N) is 2. The molecule has 7 heteroatoms. The molecular formula is C14H17BN2O3S. The Labute approximate surface area is 125 Å². The molecule has 110 valence electrons. The molecular weight excluding hydrogens is 287 g/mol. The van der Waals surface area contributed by atoms with Crippen LogP contribution >= 0.6 is 0 Å². The fourth-order valence-corrected chi connectivity index (χ4v) is 2.99. The zero-order valence-electron chi connectivity index (χ0n) is 11.9. The maximum Gasteiger partial charge on any atom is 0.406 e. The first-order valence-corrected chi connectivity index (χ1v) is 8.00. The molecule has 2 aromatic carbocycles. The SMILES string of the molecule is CNS(=O)(=O)c1ccccc1-c1ccc(NB(C)O)cc1. The minimum absolute atomic E-state index is 0.240. The molecule has 0 aromatic heterocycles. The predicted molar refractivity (Wildman–Crippen MR) is 85.6 cm³/mol. The van der Waals surface area contributed by atoms with Crippen LogP contribution in [-0.4, -0.2) is 27.5 Å². The number of sulfonamides is 1. The van der Waals surface area contributed by atoms with E-state index in [-0.39, 0.29) is 4.90 Å². The van der Waals surface area contributed by atoms with Gasteiger partial charge in [-0.15, -0.1) is 0 Å². The van der Waals surface area contributed by atoms with Crippen molar-refractivity contribution in [3.05, 3.63) is 48.5 Å². The molecule has 0 unspecified atom stereocenters. The van der Waals surface area contributed by atoms with E-state index >= 15 is 0 Å². The van der Waals surface area contributed by atoms with Crippen molar-refractivity contribution in [2.24, 2.45) is 0 Å². The van der Waals surface area contributed by atoms with Crippen LogP contribution in [0.25, 0.3) is 11.1 Å². The second-order valence-corrected chi connectivity index (χ2v) is 6.46. The summed E-state index contributed by atoms with van der Waals surface area (Å²) in [5.74, 6) is 0. The van der Waals surface area contributed by atoms with E-state index < -0.39 is 17.1 Å². The standard InChI is InChI=1S/C14H17BN2O3S/c1-15(18)17-12-9-7-11(8-10-12)13-5-3-4-6-14(13)21(19,20)16-2/h3-10,16-18H,1-2H3. The molecule has 0 saturated carbocycles. The largest absolute Gasteiger partial charge is 0.433 e. The first-order valence-electron chi connectivity index (χ1n) is 6.51. The van der Waals surface area contributed by atoms with Crippen LogP contribution in [0.5, 0.6) is 0 Å². The summed E-state index contributed by atoms with van der Waals surface area (Å²) < 4.78 is 26.4. The highest BCUT2D eigenvalue weighted by molar-refractivity contribution is 7.89. The van der Waals surface area contributed by atoms with Gasteiger partial charge in [0, 0.05) is 11.3 Å². The summed E-state index contributed by atoms with van der Waals surface area (Å²) in [6.07, 6.45) is 0. The molecule has 0 fully saturated rings. The molecule has 21 heavy (non-hydrogen) atoms. The maximum absolute atomic E-state index is 12.1. The van der Waals surface area contributed by atoms with E-state index in [4.69, 9.17) is 0 Å². The third-order valence-electron chi connectivity index (χ3n) is 3.02. The van der Waals surface area contributed by atoms with Crippen LogP contribution in [-0.2, 0) is 10.0 Å². The van der Waals surface area contributed by atoms with Gasteiger partial charge >= 0.3 is 7.05 Å². The Bertz CT molecular complexity index is 715. The first kappa shape index (κ1) is 15.6. The first-order chi connectivity index (χ1) is 9.94. The Morgan fingerprint density at radius 2 is 1.67 bits per heavy atom. The van der Waals surface area contributed by atoms with Crippen molar-refractivity contribution in [2.75, 3.05) is 12.3 Å². The molecule has 0 aliphatic rings. The number of hydrogen-bond donors (Lipinski definition) is 3. The van der Waals surface area contributed by atoms with Crippen LogP contribution < -0.4 is 9.95 Å². The molecule has 3 N–H and O–H groups in total. The lowest BCUT2D eigenvalue weighted by molar-refractivity contribution is 0.586. The van der Waals surface area contributed by atoms with E-state index in [2.05, 4.69) is 9.95 Å². The lowest BCUT2D eigenvalue weighted by Gasteiger charge is -2.11. The molecule has 2 aromatic rings. The van der Waals surface area contributed by atoms with E-state index in [9.17, 15) is 13.4 Å². The Balaban J connectivity index is 2.43. The maximum atomic E-state index is 12.1. The predicted octanol–water partition coefficient (Wildman–Crippen LogP) is 1.78. The number of benzene rings is 2. The highest BCUT2D eigenvalue weighted by Crippen LogP contribution is 2.28. The van der Waals surface area contributed by atoms with Crippen molar-refractivity contribution in [1.29, 1.82) is 0 Å². The van der Waals surface area contributed by atoms with E-state index in [0.717, 1.165) is 11.3 Å². The molecule has 0 amide bonds. The molecule has 0 atom stereocenters. The third-order valence-corrected chi connectivity index (χ3v) is 4.49. The molecule has 0 aliphatic heterocycles. The Morgan fingerprint density at radius 1 is 1.05 bits per heavy atom. The van der Waals surface area contributed by atoms with Gasteiger partial charge in [-0.05, 0) is 37.6 Å². The summed E-state index contributed by atoms with van der Waals surface area (Å²) >= 11 is 0. The van der Waals surface area contributed by atoms with E-state index in [1.54, 1.807) is 43.2 Å². The topological polar surface area (TPSA) is 78.4 Å². The van der Waals surface area contributed by atoms with Gasteiger partial charge in [-0.1, -0.05) is 30.3 Å². The number of anilines is 1. The van der Waals surface area contributed by atoms with Gasteiger partial charge in [0.15, 0.2) is 0 Å². The zero-order valence-corrected chi connectivity index (χ0v) is 12.7. The average Bonchev–Trinajstić information content (AvgIpc) is 2.47. The van der Waals surface area contributed by atoms with Gasteiger partial charge in [-0.3, -0.25) is 0 Å². The Morgan fingerprint density at radius 3 is 2.24 bits per heavy atom. The summed E-state index contributed by atoms with van der Waals surface area (Å²) in [6.45, 7) is 1.63. The summed E-state index contributed by atoms with van der Waals surface area (Å²) in [7, 11) is -2.77. The molecule has 0 spiro atoms. The van der Waals surface area contributed by atoms with E-state index in [0.29, 0.717) is 5.56 Å². The summed E-state index contributed by atoms with van der Waals surface area (Å²) in [5.41, 5.74) is 2.19. The minimum atomic E-state index is -3.51. The molecule has 0 radical (unpaired) electrons. The van der Waals surface area contributed by atoms with Crippen molar-refractivity contribution in [3.63, 3.8) is 0 Å². The minimum Gasteiger partial charge on any atom is -0.433 e. The highest BCUT2D eigenvalue weighted by atomic mass is 32.2. The van der Waals surface area contributed by atoms with E-state index in [1.165, 1.54) is 7.05 Å². The van der Waals surface area contributed by atoms with Gasteiger partial charge in [0.05, 0.1) is 4.90 Å². The second kappa shape index (κ2) is 6.30. The normalized spacial score (nSPS) is 11.2.